The molecule has 0 saturated carbocycles. The molecule has 0 radical (unpaired) electrons. The van der Waals surface area contributed by atoms with E-state index in [0.717, 1.165) is 5.56 Å². The molecule has 0 fully saturated rings. The fourth-order valence-electron chi connectivity index (χ4n) is 3.60. The lowest BCUT2D eigenvalue weighted by molar-refractivity contribution is -0.154. The van der Waals surface area contributed by atoms with Gasteiger partial charge in [-0.05, 0) is 41.8 Å². The fourth-order valence-corrected chi connectivity index (χ4v) is 3.60. The Morgan fingerprint density at radius 1 is 0.943 bits per heavy atom. The summed E-state index contributed by atoms with van der Waals surface area (Å²) in [6, 6.07) is 16.6. The van der Waals surface area contributed by atoms with Crippen molar-refractivity contribution in [2.75, 3.05) is 13.2 Å². The standard InChI is InChI=1S/C25H20F3N3O4/c26-25(27,28)15-35-21-12-17(8-10-29-21)14-30-22(32)18-6-7-19-20(13-18)24(34)31(23(19)33)11-9-16-4-2-1-3-5-16/h1-8,10,12-13H,9,11,14-15H2,(H,30,32). The lowest BCUT2D eigenvalue weighted by Gasteiger charge is -2.13. The third-order valence-corrected chi connectivity index (χ3v) is 5.34. The van der Waals surface area contributed by atoms with E-state index in [1.165, 1.54) is 41.4 Å². The molecule has 4 rings (SSSR count). The zero-order valence-corrected chi connectivity index (χ0v) is 18.3. The highest BCUT2D eigenvalue weighted by atomic mass is 19.4. The van der Waals surface area contributed by atoms with Crippen molar-refractivity contribution in [3.8, 4) is 5.88 Å². The second kappa shape index (κ2) is 9.96. The SMILES string of the molecule is O=C(NCc1ccnc(OCC(F)(F)F)c1)c1ccc2c(c1)C(=O)N(CCc1ccccc1)C2=O. The van der Waals surface area contributed by atoms with Gasteiger partial charge in [-0.25, -0.2) is 4.98 Å². The zero-order valence-electron chi connectivity index (χ0n) is 18.3. The minimum absolute atomic E-state index is 0.00308. The number of carbonyl (C=O) groups is 3. The summed E-state index contributed by atoms with van der Waals surface area (Å²) < 4.78 is 41.6. The Kier molecular flexibility index (Phi) is 6.81. The highest BCUT2D eigenvalue weighted by Crippen LogP contribution is 2.24. The van der Waals surface area contributed by atoms with Crippen molar-refractivity contribution in [2.45, 2.75) is 19.1 Å². The summed E-state index contributed by atoms with van der Waals surface area (Å²) in [6.45, 7) is -1.25. The summed E-state index contributed by atoms with van der Waals surface area (Å²) in [6.07, 6.45) is -2.70. The number of fused-ring (bicyclic) bond motifs is 1. The number of hydrogen-bond donors (Lipinski definition) is 1. The lowest BCUT2D eigenvalue weighted by Crippen LogP contribution is -2.31. The number of halogens is 3. The number of aromatic nitrogens is 1. The molecule has 0 spiro atoms. The molecule has 10 heteroatoms. The molecule has 3 amide bonds. The summed E-state index contributed by atoms with van der Waals surface area (Å²) in [5.74, 6) is -1.59. The van der Waals surface area contributed by atoms with Gasteiger partial charge in [0.05, 0.1) is 11.1 Å². The number of alkyl halides is 3. The van der Waals surface area contributed by atoms with Gasteiger partial charge < -0.3 is 10.1 Å². The predicted octanol–water partition coefficient (Wildman–Crippen LogP) is 3.79. The van der Waals surface area contributed by atoms with Crippen LogP contribution in [-0.4, -0.2) is 46.9 Å². The maximum Gasteiger partial charge on any atom is 0.422 e. The predicted molar refractivity (Wildman–Crippen MR) is 119 cm³/mol. The van der Waals surface area contributed by atoms with Crippen LogP contribution in [0.15, 0.2) is 66.9 Å². The van der Waals surface area contributed by atoms with Crippen molar-refractivity contribution < 1.29 is 32.3 Å². The summed E-state index contributed by atoms with van der Waals surface area (Å²) in [7, 11) is 0. The number of carbonyl (C=O) groups excluding carboxylic acids is 3. The zero-order chi connectivity index (χ0) is 25.0. The van der Waals surface area contributed by atoms with E-state index in [-0.39, 0.29) is 35.7 Å². The van der Waals surface area contributed by atoms with E-state index in [1.54, 1.807) is 0 Å². The highest BCUT2D eigenvalue weighted by Gasteiger charge is 2.35. The smallest absolute Gasteiger partial charge is 0.422 e. The first-order valence-corrected chi connectivity index (χ1v) is 10.7. The van der Waals surface area contributed by atoms with E-state index in [4.69, 9.17) is 0 Å². The molecule has 0 aliphatic carbocycles. The quantitative estimate of drug-likeness (QED) is 0.493. The number of imide groups is 1. The molecule has 1 N–H and O–H groups in total. The summed E-state index contributed by atoms with van der Waals surface area (Å²) in [5, 5.41) is 2.64. The summed E-state index contributed by atoms with van der Waals surface area (Å²) in [4.78, 5) is 43.0. The fraction of sp³-hybridized carbons (Fsp3) is 0.200. The molecule has 0 bridgehead atoms. The molecule has 1 aromatic heterocycles. The van der Waals surface area contributed by atoms with Gasteiger partial charge in [-0.3, -0.25) is 19.3 Å². The number of rotatable bonds is 8. The first-order valence-electron chi connectivity index (χ1n) is 10.7. The molecule has 0 atom stereocenters. The molecular formula is C25H20F3N3O4. The van der Waals surface area contributed by atoms with Crippen molar-refractivity contribution in [2.24, 2.45) is 0 Å². The van der Waals surface area contributed by atoms with Gasteiger partial charge in [-0.15, -0.1) is 0 Å². The van der Waals surface area contributed by atoms with Crippen molar-refractivity contribution >= 4 is 17.7 Å². The third kappa shape index (κ3) is 5.84. The molecule has 1 aliphatic heterocycles. The number of amides is 3. The van der Waals surface area contributed by atoms with E-state index in [2.05, 4.69) is 15.0 Å². The van der Waals surface area contributed by atoms with Crippen LogP contribution in [0.1, 0.15) is 42.2 Å². The molecule has 1 aliphatic rings. The number of pyridine rings is 1. The number of hydrogen-bond acceptors (Lipinski definition) is 5. The summed E-state index contributed by atoms with van der Waals surface area (Å²) >= 11 is 0. The number of benzene rings is 2. The van der Waals surface area contributed by atoms with E-state index in [1.807, 2.05) is 30.3 Å². The van der Waals surface area contributed by atoms with Crippen LogP contribution in [0.2, 0.25) is 0 Å². The average Bonchev–Trinajstić information content (AvgIpc) is 3.09. The van der Waals surface area contributed by atoms with Gasteiger partial charge in [0, 0.05) is 30.9 Å². The molecule has 2 heterocycles. The lowest BCUT2D eigenvalue weighted by atomic mass is 10.1. The maximum atomic E-state index is 12.8. The Balaban J connectivity index is 1.38. The molecule has 3 aromatic rings. The van der Waals surface area contributed by atoms with Gasteiger partial charge in [0.1, 0.15) is 0 Å². The van der Waals surface area contributed by atoms with Crippen LogP contribution in [0.25, 0.3) is 0 Å². The molecule has 180 valence electrons. The minimum Gasteiger partial charge on any atom is -0.468 e. The Morgan fingerprint density at radius 3 is 2.43 bits per heavy atom. The second-order valence-electron chi connectivity index (χ2n) is 7.85. The monoisotopic (exact) mass is 483 g/mol. The van der Waals surface area contributed by atoms with Crippen LogP contribution in [0.5, 0.6) is 5.88 Å². The van der Waals surface area contributed by atoms with Gasteiger partial charge in [0.25, 0.3) is 17.7 Å². The van der Waals surface area contributed by atoms with Gasteiger partial charge in [-0.2, -0.15) is 13.2 Å². The van der Waals surface area contributed by atoms with Crippen LogP contribution in [0.3, 0.4) is 0 Å². The van der Waals surface area contributed by atoms with Gasteiger partial charge in [0.2, 0.25) is 5.88 Å². The van der Waals surface area contributed by atoms with Gasteiger partial charge in [0.15, 0.2) is 6.61 Å². The third-order valence-electron chi connectivity index (χ3n) is 5.34. The van der Waals surface area contributed by atoms with E-state index in [0.29, 0.717) is 12.0 Å². The normalized spacial score (nSPS) is 13.1. The van der Waals surface area contributed by atoms with E-state index >= 15 is 0 Å². The number of nitrogens with zero attached hydrogens (tertiary/aromatic N) is 2. The Hall–Kier alpha value is -4.21. The topological polar surface area (TPSA) is 88.6 Å². The van der Waals surface area contributed by atoms with Crippen LogP contribution < -0.4 is 10.1 Å². The van der Waals surface area contributed by atoms with E-state index in [9.17, 15) is 27.6 Å². The Bertz CT molecular complexity index is 1260. The summed E-state index contributed by atoms with van der Waals surface area (Å²) in [5.41, 5.74) is 2.04. The van der Waals surface area contributed by atoms with Crippen molar-refractivity contribution in [1.29, 1.82) is 0 Å². The van der Waals surface area contributed by atoms with Gasteiger partial charge in [-0.1, -0.05) is 30.3 Å². The molecule has 35 heavy (non-hydrogen) atoms. The molecule has 2 aromatic carbocycles. The average molecular weight is 483 g/mol. The second-order valence-corrected chi connectivity index (χ2v) is 7.85. The van der Waals surface area contributed by atoms with Crippen LogP contribution >= 0.6 is 0 Å². The molecule has 0 unspecified atom stereocenters. The highest BCUT2D eigenvalue weighted by molar-refractivity contribution is 6.22. The largest absolute Gasteiger partial charge is 0.468 e. The molecule has 0 saturated heterocycles. The molecular weight excluding hydrogens is 463 g/mol. The Morgan fingerprint density at radius 2 is 1.69 bits per heavy atom. The number of nitrogens with one attached hydrogen (secondary N) is 1. The van der Waals surface area contributed by atoms with Crippen LogP contribution in [0, 0.1) is 0 Å². The minimum atomic E-state index is -4.49. The van der Waals surface area contributed by atoms with Crippen molar-refractivity contribution in [1.82, 2.24) is 15.2 Å². The first kappa shape index (κ1) is 23.9. The molecule has 7 nitrogen and oxygen atoms in total. The van der Waals surface area contributed by atoms with Crippen molar-refractivity contribution in [3.63, 3.8) is 0 Å². The van der Waals surface area contributed by atoms with Crippen LogP contribution in [0.4, 0.5) is 13.2 Å². The van der Waals surface area contributed by atoms with E-state index < -0.39 is 30.5 Å². The number of ether oxygens (including phenoxy) is 1. The first-order chi connectivity index (χ1) is 16.7. The Labute approximate surface area is 198 Å². The maximum absolute atomic E-state index is 12.8. The van der Waals surface area contributed by atoms with Crippen molar-refractivity contribution in [3.05, 3.63) is 94.7 Å². The van der Waals surface area contributed by atoms with Crippen LogP contribution in [-0.2, 0) is 13.0 Å². The van der Waals surface area contributed by atoms with Gasteiger partial charge >= 0.3 is 6.18 Å².